The molecule has 0 unspecified atom stereocenters. The van der Waals surface area contributed by atoms with Gasteiger partial charge in [-0.3, -0.25) is 9.59 Å². The van der Waals surface area contributed by atoms with Gasteiger partial charge >= 0.3 is 5.97 Å². The topological polar surface area (TPSA) is 43.4 Å². The molecule has 0 amide bonds. The molecule has 0 bridgehead atoms. The Bertz CT molecular complexity index is 192. The van der Waals surface area contributed by atoms with Crippen molar-refractivity contribution < 1.29 is 14.3 Å². The van der Waals surface area contributed by atoms with Gasteiger partial charge < -0.3 is 4.74 Å². The zero-order chi connectivity index (χ0) is 11.5. The fourth-order valence-electron chi connectivity index (χ4n) is 1.17. The van der Waals surface area contributed by atoms with Crippen molar-refractivity contribution in [2.75, 3.05) is 12.4 Å². The highest BCUT2D eigenvalue weighted by atomic mass is 32.2. The van der Waals surface area contributed by atoms with Gasteiger partial charge in [0.2, 0.25) is 0 Å². The second-order valence-electron chi connectivity index (χ2n) is 3.31. The largest absolute Gasteiger partial charge is 0.466 e. The zero-order valence-electron chi connectivity index (χ0n) is 9.58. The van der Waals surface area contributed by atoms with Gasteiger partial charge in [0.15, 0.2) is 5.12 Å². The van der Waals surface area contributed by atoms with Crippen molar-refractivity contribution in [3.8, 4) is 0 Å². The van der Waals surface area contributed by atoms with Crippen LogP contribution in [0.4, 0.5) is 0 Å². The van der Waals surface area contributed by atoms with E-state index in [-0.39, 0.29) is 11.1 Å². The first-order valence-corrected chi connectivity index (χ1v) is 6.44. The number of esters is 1. The molecule has 0 saturated heterocycles. The van der Waals surface area contributed by atoms with Crippen LogP contribution in [0.5, 0.6) is 0 Å². The fraction of sp³-hybridized carbons (Fsp3) is 0.818. The number of thioether (sulfide) groups is 1. The number of rotatable bonds is 8. The standard InChI is InChI=1S/C11H20O3S/c1-3-14-11(13)8-6-4-5-7-9-15-10(2)12/h3-9H2,1-2H3. The van der Waals surface area contributed by atoms with Gasteiger partial charge in [-0.25, -0.2) is 0 Å². The van der Waals surface area contributed by atoms with Crippen molar-refractivity contribution in [3.63, 3.8) is 0 Å². The minimum absolute atomic E-state index is 0.101. The summed E-state index contributed by atoms with van der Waals surface area (Å²) in [5, 5.41) is 0.182. The molecule has 0 N–H and O–H groups in total. The second kappa shape index (κ2) is 10.0. The van der Waals surface area contributed by atoms with E-state index < -0.39 is 0 Å². The van der Waals surface area contributed by atoms with Crippen LogP contribution < -0.4 is 0 Å². The third-order valence-corrected chi connectivity index (χ3v) is 2.79. The number of carbonyl (C=O) groups is 2. The highest BCUT2D eigenvalue weighted by molar-refractivity contribution is 8.13. The van der Waals surface area contributed by atoms with E-state index in [2.05, 4.69) is 0 Å². The lowest BCUT2D eigenvalue weighted by Crippen LogP contribution is -2.03. The van der Waals surface area contributed by atoms with Gasteiger partial charge in [-0.15, -0.1) is 0 Å². The molecule has 0 rings (SSSR count). The molecule has 0 heterocycles. The third kappa shape index (κ3) is 11.4. The van der Waals surface area contributed by atoms with E-state index in [1.807, 2.05) is 6.92 Å². The molecule has 0 radical (unpaired) electrons. The maximum Gasteiger partial charge on any atom is 0.305 e. The minimum atomic E-state index is -0.101. The van der Waals surface area contributed by atoms with Crippen LogP contribution >= 0.6 is 11.8 Å². The zero-order valence-corrected chi connectivity index (χ0v) is 10.4. The van der Waals surface area contributed by atoms with Crippen molar-refractivity contribution in [1.29, 1.82) is 0 Å². The van der Waals surface area contributed by atoms with Gasteiger partial charge in [0.25, 0.3) is 0 Å². The Morgan fingerprint density at radius 3 is 2.40 bits per heavy atom. The lowest BCUT2D eigenvalue weighted by Gasteiger charge is -2.01. The molecule has 0 aliphatic carbocycles. The van der Waals surface area contributed by atoms with E-state index in [9.17, 15) is 9.59 Å². The maximum atomic E-state index is 11.0. The average Bonchev–Trinajstić information content (AvgIpc) is 2.16. The van der Waals surface area contributed by atoms with Crippen LogP contribution in [0, 0.1) is 0 Å². The van der Waals surface area contributed by atoms with Gasteiger partial charge in [-0.2, -0.15) is 0 Å². The summed E-state index contributed by atoms with van der Waals surface area (Å²) < 4.78 is 4.81. The van der Waals surface area contributed by atoms with E-state index >= 15 is 0 Å². The Hall–Kier alpha value is -0.510. The molecule has 0 aliphatic heterocycles. The summed E-state index contributed by atoms with van der Waals surface area (Å²) in [7, 11) is 0. The summed E-state index contributed by atoms with van der Waals surface area (Å²) in [5.41, 5.74) is 0. The maximum absolute atomic E-state index is 11.0. The Morgan fingerprint density at radius 2 is 1.80 bits per heavy atom. The SMILES string of the molecule is CCOC(=O)CCCCCCSC(C)=O. The Balaban J connectivity index is 3.11. The summed E-state index contributed by atoms with van der Waals surface area (Å²) >= 11 is 1.37. The molecular weight excluding hydrogens is 212 g/mol. The van der Waals surface area contributed by atoms with Gasteiger partial charge in [0, 0.05) is 19.1 Å². The molecule has 0 aromatic heterocycles. The molecular formula is C11H20O3S. The molecule has 0 aliphatic rings. The number of ether oxygens (including phenoxy) is 1. The monoisotopic (exact) mass is 232 g/mol. The van der Waals surface area contributed by atoms with Crippen molar-refractivity contribution >= 4 is 22.8 Å². The van der Waals surface area contributed by atoms with Crippen molar-refractivity contribution in [1.82, 2.24) is 0 Å². The van der Waals surface area contributed by atoms with Crippen LogP contribution in [-0.4, -0.2) is 23.4 Å². The minimum Gasteiger partial charge on any atom is -0.466 e. The summed E-state index contributed by atoms with van der Waals surface area (Å²) in [6.07, 6.45) is 4.58. The van der Waals surface area contributed by atoms with Crippen LogP contribution in [0.1, 0.15) is 46.0 Å². The lowest BCUT2D eigenvalue weighted by atomic mass is 10.1. The molecule has 15 heavy (non-hydrogen) atoms. The predicted molar refractivity (Wildman–Crippen MR) is 62.9 cm³/mol. The quantitative estimate of drug-likeness (QED) is 0.477. The van der Waals surface area contributed by atoms with Crippen LogP contribution in [0.15, 0.2) is 0 Å². The molecule has 0 saturated carbocycles. The van der Waals surface area contributed by atoms with E-state index in [1.54, 1.807) is 6.92 Å². The Kier molecular flexibility index (Phi) is 9.68. The van der Waals surface area contributed by atoms with E-state index in [4.69, 9.17) is 4.74 Å². The van der Waals surface area contributed by atoms with Gasteiger partial charge in [0.1, 0.15) is 0 Å². The summed E-state index contributed by atoms with van der Waals surface area (Å²) in [4.78, 5) is 21.5. The molecule has 0 atom stereocenters. The highest BCUT2D eigenvalue weighted by Gasteiger charge is 2.00. The number of carbonyl (C=O) groups excluding carboxylic acids is 2. The Morgan fingerprint density at radius 1 is 1.13 bits per heavy atom. The van der Waals surface area contributed by atoms with Crippen LogP contribution in [0.25, 0.3) is 0 Å². The highest BCUT2D eigenvalue weighted by Crippen LogP contribution is 2.09. The average molecular weight is 232 g/mol. The van der Waals surface area contributed by atoms with Crippen molar-refractivity contribution in [2.24, 2.45) is 0 Å². The van der Waals surface area contributed by atoms with Crippen LogP contribution in [-0.2, 0) is 14.3 Å². The first-order chi connectivity index (χ1) is 7.16. The fourth-order valence-corrected chi connectivity index (χ4v) is 1.81. The first kappa shape index (κ1) is 14.5. The molecule has 0 fully saturated rings. The van der Waals surface area contributed by atoms with E-state index in [0.717, 1.165) is 31.4 Å². The molecule has 3 nitrogen and oxygen atoms in total. The van der Waals surface area contributed by atoms with Crippen molar-refractivity contribution in [2.45, 2.75) is 46.0 Å². The lowest BCUT2D eigenvalue weighted by molar-refractivity contribution is -0.143. The van der Waals surface area contributed by atoms with Crippen molar-refractivity contribution in [3.05, 3.63) is 0 Å². The molecule has 0 aromatic rings. The summed E-state index contributed by atoms with van der Waals surface area (Å²) in [6.45, 7) is 3.87. The third-order valence-electron chi connectivity index (χ3n) is 1.89. The first-order valence-electron chi connectivity index (χ1n) is 5.45. The summed E-state index contributed by atoms with van der Waals surface area (Å²) in [6, 6.07) is 0. The summed E-state index contributed by atoms with van der Waals surface area (Å²) in [5.74, 6) is 0.796. The van der Waals surface area contributed by atoms with Gasteiger partial charge in [-0.1, -0.05) is 24.6 Å². The smallest absolute Gasteiger partial charge is 0.305 e. The molecule has 0 spiro atoms. The van der Waals surface area contributed by atoms with E-state index in [1.165, 1.54) is 11.8 Å². The predicted octanol–water partition coefficient (Wildman–Crippen LogP) is 2.78. The van der Waals surface area contributed by atoms with E-state index in [0.29, 0.717) is 13.0 Å². The Labute approximate surface area is 95.9 Å². The number of hydrogen-bond donors (Lipinski definition) is 0. The molecule has 0 aromatic carbocycles. The number of unbranched alkanes of at least 4 members (excludes halogenated alkanes) is 3. The van der Waals surface area contributed by atoms with Gasteiger partial charge in [0.05, 0.1) is 6.61 Å². The molecule has 88 valence electrons. The molecule has 4 heteroatoms. The van der Waals surface area contributed by atoms with Gasteiger partial charge in [-0.05, 0) is 19.8 Å². The number of hydrogen-bond acceptors (Lipinski definition) is 4. The van der Waals surface area contributed by atoms with Crippen LogP contribution in [0.2, 0.25) is 0 Å². The normalized spacial score (nSPS) is 10.0. The van der Waals surface area contributed by atoms with Crippen LogP contribution in [0.3, 0.4) is 0 Å². The second-order valence-corrected chi connectivity index (χ2v) is 4.58.